The fourth-order valence-corrected chi connectivity index (χ4v) is 1.84. The van der Waals surface area contributed by atoms with E-state index in [1.54, 1.807) is 13.8 Å². The molecule has 0 aromatic carbocycles. The van der Waals surface area contributed by atoms with Crippen molar-refractivity contribution >= 4 is 33.4 Å². The van der Waals surface area contributed by atoms with Crippen molar-refractivity contribution in [2.45, 2.75) is 13.8 Å². The summed E-state index contributed by atoms with van der Waals surface area (Å²) in [6, 6.07) is 1.32. The molecule has 0 spiro atoms. The summed E-state index contributed by atoms with van der Waals surface area (Å²) >= 11 is 3.10. The van der Waals surface area contributed by atoms with Crippen molar-refractivity contribution in [3.63, 3.8) is 0 Å². The van der Waals surface area contributed by atoms with Gasteiger partial charge in [0.2, 0.25) is 5.82 Å². The van der Waals surface area contributed by atoms with Gasteiger partial charge in [-0.05, 0) is 21.8 Å². The zero-order valence-corrected chi connectivity index (χ0v) is 12.0. The highest BCUT2D eigenvalue weighted by atomic mass is 79.9. The Labute approximate surface area is 118 Å². The van der Waals surface area contributed by atoms with Gasteiger partial charge in [-0.15, -0.1) is 0 Å². The molecule has 8 heteroatoms. The molecule has 0 saturated carbocycles. The van der Waals surface area contributed by atoms with Gasteiger partial charge in [0, 0.05) is 23.3 Å². The number of halogens is 1. The Balaban J connectivity index is 2.88. The SMILES string of the molecule is CC(C)C(CNc1ncc(Br)cc1[N+](=O)[O-])C(=O)O. The number of hydrogen-bond donors (Lipinski definition) is 2. The van der Waals surface area contributed by atoms with Crippen LogP contribution in [0, 0.1) is 22.0 Å². The van der Waals surface area contributed by atoms with Crippen molar-refractivity contribution in [2.75, 3.05) is 11.9 Å². The number of pyridine rings is 1. The summed E-state index contributed by atoms with van der Waals surface area (Å²) in [7, 11) is 0. The maximum atomic E-state index is 11.0. The topological polar surface area (TPSA) is 105 Å². The van der Waals surface area contributed by atoms with Crippen LogP contribution in [0.5, 0.6) is 0 Å². The van der Waals surface area contributed by atoms with Crippen LogP contribution in [-0.4, -0.2) is 27.5 Å². The molecule has 0 aliphatic rings. The number of anilines is 1. The van der Waals surface area contributed by atoms with Crippen molar-refractivity contribution in [3.05, 3.63) is 26.9 Å². The van der Waals surface area contributed by atoms with Gasteiger partial charge in [-0.1, -0.05) is 13.8 Å². The van der Waals surface area contributed by atoms with E-state index in [-0.39, 0.29) is 24.0 Å². The maximum absolute atomic E-state index is 11.0. The van der Waals surface area contributed by atoms with Crippen molar-refractivity contribution in [2.24, 2.45) is 11.8 Å². The average Bonchev–Trinajstić information content (AvgIpc) is 2.29. The van der Waals surface area contributed by atoms with Crippen LogP contribution in [0.1, 0.15) is 13.8 Å². The number of aromatic nitrogens is 1. The summed E-state index contributed by atoms with van der Waals surface area (Å²) in [5.41, 5.74) is -0.192. The van der Waals surface area contributed by atoms with Gasteiger partial charge in [-0.3, -0.25) is 14.9 Å². The standard InChI is InChI=1S/C11H14BrN3O4/c1-6(2)8(11(16)17)5-14-10-9(15(18)19)3-7(12)4-13-10/h3-4,6,8H,5H2,1-2H3,(H,13,14)(H,16,17). The van der Waals surface area contributed by atoms with E-state index in [1.165, 1.54) is 12.3 Å². The first-order valence-corrected chi connectivity index (χ1v) is 6.38. The van der Waals surface area contributed by atoms with E-state index in [9.17, 15) is 14.9 Å². The molecule has 0 aliphatic carbocycles. The summed E-state index contributed by atoms with van der Waals surface area (Å²) in [6.07, 6.45) is 1.42. The van der Waals surface area contributed by atoms with Crippen LogP contribution in [0.25, 0.3) is 0 Å². The molecule has 1 atom stereocenters. The molecule has 104 valence electrons. The number of carbonyl (C=O) groups is 1. The number of carboxylic acid groups (broad SMARTS) is 1. The summed E-state index contributed by atoms with van der Waals surface area (Å²) in [5, 5.41) is 22.6. The van der Waals surface area contributed by atoms with E-state index in [4.69, 9.17) is 5.11 Å². The Kier molecular flexibility index (Phi) is 5.22. The van der Waals surface area contributed by atoms with Gasteiger partial charge in [0.05, 0.1) is 10.8 Å². The lowest BCUT2D eigenvalue weighted by atomic mass is 9.96. The van der Waals surface area contributed by atoms with Crippen LogP contribution < -0.4 is 5.32 Å². The number of rotatable bonds is 6. The molecule has 1 aromatic heterocycles. The maximum Gasteiger partial charge on any atom is 0.312 e. The van der Waals surface area contributed by atoms with Crippen molar-refractivity contribution in [3.8, 4) is 0 Å². The molecular weight excluding hydrogens is 318 g/mol. The van der Waals surface area contributed by atoms with E-state index < -0.39 is 16.8 Å². The number of carboxylic acids is 1. The molecular formula is C11H14BrN3O4. The molecule has 0 amide bonds. The molecule has 1 rings (SSSR count). The van der Waals surface area contributed by atoms with Gasteiger partial charge in [0.1, 0.15) is 0 Å². The minimum atomic E-state index is -0.942. The molecule has 1 unspecified atom stereocenters. The van der Waals surface area contributed by atoms with Gasteiger partial charge in [-0.2, -0.15) is 0 Å². The average molecular weight is 332 g/mol. The number of nitrogens with one attached hydrogen (secondary N) is 1. The highest BCUT2D eigenvalue weighted by Gasteiger charge is 2.23. The van der Waals surface area contributed by atoms with E-state index in [0.717, 1.165) is 0 Å². The van der Waals surface area contributed by atoms with Gasteiger partial charge in [0.25, 0.3) is 0 Å². The fraction of sp³-hybridized carbons (Fsp3) is 0.455. The van der Waals surface area contributed by atoms with E-state index >= 15 is 0 Å². The minimum absolute atomic E-state index is 0.0695. The molecule has 0 fully saturated rings. The van der Waals surface area contributed by atoms with Crippen LogP contribution in [0.4, 0.5) is 11.5 Å². The summed E-state index contributed by atoms with van der Waals surface area (Å²) in [4.78, 5) is 25.2. The molecule has 1 heterocycles. The minimum Gasteiger partial charge on any atom is -0.481 e. The lowest BCUT2D eigenvalue weighted by Gasteiger charge is -2.16. The Morgan fingerprint density at radius 3 is 2.74 bits per heavy atom. The number of aliphatic carboxylic acids is 1. The van der Waals surface area contributed by atoms with Crippen LogP contribution in [-0.2, 0) is 4.79 Å². The van der Waals surface area contributed by atoms with E-state index in [0.29, 0.717) is 4.47 Å². The first-order valence-electron chi connectivity index (χ1n) is 5.59. The van der Waals surface area contributed by atoms with Crippen LogP contribution in [0.3, 0.4) is 0 Å². The first kappa shape index (κ1) is 15.4. The second kappa shape index (κ2) is 6.46. The summed E-state index contributed by atoms with van der Waals surface area (Å²) < 4.78 is 0.489. The van der Waals surface area contributed by atoms with Crippen LogP contribution in [0.15, 0.2) is 16.7 Å². The third-order valence-corrected chi connectivity index (χ3v) is 3.08. The quantitative estimate of drug-likeness (QED) is 0.612. The Bertz CT molecular complexity index is 493. The summed E-state index contributed by atoms with van der Waals surface area (Å²) in [5.74, 6) is -1.59. The molecule has 19 heavy (non-hydrogen) atoms. The zero-order chi connectivity index (χ0) is 14.6. The van der Waals surface area contributed by atoms with Crippen molar-refractivity contribution in [1.82, 2.24) is 4.98 Å². The fourth-order valence-electron chi connectivity index (χ4n) is 1.52. The van der Waals surface area contributed by atoms with Gasteiger partial charge >= 0.3 is 11.7 Å². The third-order valence-electron chi connectivity index (χ3n) is 2.64. The van der Waals surface area contributed by atoms with Crippen LogP contribution in [0.2, 0.25) is 0 Å². The highest BCUT2D eigenvalue weighted by molar-refractivity contribution is 9.10. The molecule has 2 N–H and O–H groups in total. The number of nitro groups is 1. The van der Waals surface area contributed by atoms with E-state index in [1.807, 2.05) is 0 Å². The zero-order valence-electron chi connectivity index (χ0n) is 10.5. The second-order valence-corrected chi connectivity index (χ2v) is 5.26. The Hall–Kier alpha value is -1.70. The number of hydrogen-bond acceptors (Lipinski definition) is 5. The number of nitrogens with zero attached hydrogens (tertiary/aromatic N) is 2. The van der Waals surface area contributed by atoms with Crippen LogP contribution >= 0.6 is 15.9 Å². The van der Waals surface area contributed by atoms with Gasteiger partial charge < -0.3 is 10.4 Å². The predicted molar refractivity (Wildman–Crippen MR) is 73.0 cm³/mol. The third kappa shape index (κ3) is 4.16. The molecule has 7 nitrogen and oxygen atoms in total. The smallest absolute Gasteiger partial charge is 0.312 e. The normalized spacial score (nSPS) is 12.2. The summed E-state index contributed by atoms with van der Waals surface area (Å²) in [6.45, 7) is 3.65. The largest absolute Gasteiger partial charge is 0.481 e. The predicted octanol–water partition coefficient (Wildman–Crippen LogP) is 2.52. The highest BCUT2D eigenvalue weighted by Crippen LogP contribution is 2.25. The van der Waals surface area contributed by atoms with Gasteiger partial charge in [-0.25, -0.2) is 4.98 Å². The van der Waals surface area contributed by atoms with Crippen molar-refractivity contribution in [1.29, 1.82) is 0 Å². The first-order chi connectivity index (χ1) is 8.82. The molecule has 0 aliphatic heterocycles. The van der Waals surface area contributed by atoms with Crippen molar-refractivity contribution < 1.29 is 14.8 Å². The molecule has 0 bridgehead atoms. The Morgan fingerprint density at radius 1 is 1.63 bits per heavy atom. The monoisotopic (exact) mass is 331 g/mol. The van der Waals surface area contributed by atoms with E-state index in [2.05, 4.69) is 26.2 Å². The lowest BCUT2D eigenvalue weighted by molar-refractivity contribution is -0.384. The lowest BCUT2D eigenvalue weighted by Crippen LogP contribution is -2.28. The molecule has 1 aromatic rings. The second-order valence-electron chi connectivity index (χ2n) is 4.35. The molecule has 0 radical (unpaired) electrons. The van der Waals surface area contributed by atoms with Gasteiger partial charge in [0.15, 0.2) is 0 Å². The Morgan fingerprint density at radius 2 is 2.26 bits per heavy atom. The molecule has 0 saturated heterocycles.